The van der Waals surface area contributed by atoms with Crippen molar-refractivity contribution in [2.24, 2.45) is 11.3 Å². The summed E-state index contributed by atoms with van der Waals surface area (Å²) in [6.45, 7) is 6.63. The molecule has 0 amide bonds. The maximum Gasteiger partial charge on any atom is 0.435 e. The molecule has 0 aliphatic heterocycles. The summed E-state index contributed by atoms with van der Waals surface area (Å²) in [6, 6.07) is 0.0430. The summed E-state index contributed by atoms with van der Waals surface area (Å²) in [5.41, 5.74) is 4.43. The second-order valence-corrected chi connectivity index (χ2v) is 7.53. The van der Waals surface area contributed by atoms with Crippen molar-refractivity contribution in [1.29, 1.82) is 0 Å². The zero-order valence-electron chi connectivity index (χ0n) is 13.5. The Morgan fingerprint density at radius 3 is 2.13 bits per heavy atom. The van der Waals surface area contributed by atoms with Gasteiger partial charge in [-0.15, -0.1) is 0 Å². The van der Waals surface area contributed by atoms with Crippen LogP contribution in [-0.2, 0) is 6.18 Å². The summed E-state index contributed by atoms with van der Waals surface area (Å²) < 4.78 is 38.7. The highest BCUT2D eigenvalue weighted by Gasteiger charge is 2.38. The smallest absolute Gasteiger partial charge is 0.368 e. The Labute approximate surface area is 139 Å². The largest absolute Gasteiger partial charge is 0.435 e. The first-order valence-electron chi connectivity index (χ1n) is 7.65. The van der Waals surface area contributed by atoms with Gasteiger partial charge in [0, 0.05) is 6.04 Å². The van der Waals surface area contributed by atoms with Gasteiger partial charge in [-0.05, 0) is 37.0 Å². The zero-order valence-corrected chi connectivity index (χ0v) is 14.2. The van der Waals surface area contributed by atoms with Gasteiger partial charge in [0.15, 0.2) is 11.5 Å². The normalized spacial score (nSPS) is 22.9. The molecule has 0 saturated heterocycles. The van der Waals surface area contributed by atoms with Crippen LogP contribution in [-0.4, -0.2) is 16.0 Å². The molecule has 1 fully saturated rings. The number of nitrogen functional groups attached to an aromatic ring is 1. The van der Waals surface area contributed by atoms with E-state index in [-0.39, 0.29) is 17.3 Å². The van der Waals surface area contributed by atoms with E-state index in [1.165, 1.54) is 0 Å². The number of hydrogen-bond donors (Lipinski definition) is 2. The lowest BCUT2D eigenvalue weighted by Gasteiger charge is -2.37. The number of hydrogen-bond acceptors (Lipinski definition) is 4. The highest BCUT2D eigenvalue weighted by Crippen LogP contribution is 2.40. The molecule has 1 saturated carbocycles. The number of nitrogens with one attached hydrogen (secondary N) is 1. The minimum absolute atomic E-state index is 0.0364. The van der Waals surface area contributed by atoms with Crippen molar-refractivity contribution in [3.05, 3.63) is 10.7 Å². The third kappa shape index (κ3) is 4.40. The first kappa shape index (κ1) is 18.1. The van der Waals surface area contributed by atoms with Crippen LogP contribution in [0.5, 0.6) is 0 Å². The number of anilines is 2. The predicted molar refractivity (Wildman–Crippen MR) is 85.3 cm³/mol. The van der Waals surface area contributed by atoms with Crippen molar-refractivity contribution in [1.82, 2.24) is 9.97 Å². The van der Waals surface area contributed by atoms with Crippen LogP contribution in [0.2, 0.25) is 5.02 Å². The molecule has 1 aromatic rings. The Kier molecular flexibility index (Phi) is 4.99. The van der Waals surface area contributed by atoms with E-state index in [9.17, 15) is 13.2 Å². The van der Waals surface area contributed by atoms with Crippen molar-refractivity contribution < 1.29 is 13.2 Å². The van der Waals surface area contributed by atoms with Crippen molar-refractivity contribution in [3.8, 4) is 0 Å². The molecule has 130 valence electrons. The number of nitrogens with two attached hydrogens (primary N) is 1. The van der Waals surface area contributed by atoms with E-state index in [0.29, 0.717) is 5.92 Å². The minimum atomic E-state index is -4.66. The lowest BCUT2D eigenvalue weighted by molar-refractivity contribution is -0.141. The Balaban J connectivity index is 2.12. The van der Waals surface area contributed by atoms with Gasteiger partial charge in [-0.25, -0.2) is 4.98 Å². The number of nitrogens with zero attached hydrogens (tertiary/aromatic N) is 2. The maximum atomic E-state index is 12.9. The molecular weight excluding hydrogens is 329 g/mol. The van der Waals surface area contributed by atoms with E-state index >= 15 is 0 Å². The molecule has 1 aliphatic carbocycles. The Morgan fingerprint density at radius 2 is 1.65 bits per heavy atom. The van der Waals surface area contributed by atoms with Gasteiger partial charge < -0.3 is 11.1 Å². The molecular formula is C15H22ClF3N4. The van der Waals surface area contributed by atoms with Crippen LogP contribution in [0.4, 0.5) is 24.9 Å². The van der Waals surface area contributed by atoms with Gasteiger partial charge in [-0.2, -0.15) is 18.2 Å². The average molecular weight is 351 g/mol. The molecule has 0 bridgehead atoms. The molecule has 8 heteroatoms. The van der Waals surface area contributed by atoms with E-state index < -0.39 is 22.8 Å². The van der Waals surface area contributed by atoms with Gasteiger partial charge in [0.2, 0.25) is 5.95 Å². The van der Waals surface area contributed by atoms with E-state index in [1.54, 1.807) is 0 Å². The van der Waals surface area contributed by atoms with Crippen molar-refractivity contribution in [2.75, 3.05) is 11.1 Å². The number of rotatable bonds is 2. The standard InChI is InChI=1S/C15H22ClF3N4/c1-14(2,3)8-4-6-9(7-5-8)21-12-10(16)11(15(17,18)19)22-13(20)23-12/h8-9H,4-7H2,1-3H3,(H3,20,21,22,23). The highest BCUT2D eigenvalue weighted by molar-refractivity contribution is 6.33. The van der Waals surface area contributed by atoms with Crippen LogP contribution in [0, 0.1) is 11.3 Å². The number of halogens is 4. The molecule has 23 heavy (non-hydrogen) atoms. The molecule has 1 aromatic heterocycles. The molecule has 0 spiro atoms. The maximum absolute atomic E-state index is 12.9. The van der Waals surface area contributed by atoms with Gasteiger partial charge in [-0.1, -0.05) is 32.4 Å². The number of aromatic nitrogens is 2. The van der Waals surface area contributed by atoms with Crippen LogP contribution in [0.15, 0.2) is 0 Å². The van der Waals surface area contributed by atoms with Gasteiger partial charge in [0.25, 0.3) is 0 Å². The third-order valence-electron chi connectivity index (χ3n) is 4.43. The van der Waals surface area contributed by atoms with Crippen LogP contribution < -0.4 is 11.1 Å². The molecule has 0 unspecified atom stereocenters. The van der Waals surface area contributed by atoms with Crippen molar-refractivity contribution in [3.63, 3.8) is 0 Å². The summed E-state index contributed by atoms with van der Waals surface area (Å²) in [4.78, 5) is 7.04. The van der Waals surface area contributed by atoms with Crippen molar-refractivity contribution >= 4 is 23.4 Å². The predicted octanol–water partition coefficient (Wildman–Crippen LogP) is 4.75. The van der Waals surface area contributed by atoms with Crippen molar-refractivity contribution in [2.45, 2.75) is 58.7 Å². The molecule has 1 aliphatic rings. The summed E-state index contributed by atoms with van der Waals surface area (Å²) in [6.07, 6.45) is -0.890. The van der Waals surface area contributed by atoms with E-state index in [4.69, 9.17) is 17.3 Å². The topological polar surface area (TPSA) is 63.8 Å². The Morgan fingerprint density at radius 1 is 1.09 bits per heavy atom. The molecule has 0 atom stereocenters. The summed E-state index contributed by atoms with van der Waals surface area (Å²) >= 11 is 5.82. The quantitative estimate of drug-likeness (QED) is 0.808. The highest BCUT2D eigenvalue weighted by atomic mass is 35.5. The van der Waals surface area contributed by atoms with E-state index in [0.717, 1.165) is 25.7 Å². The average Bonchev–Trinajstić information content (AvgIpc) is 2.41. The molecule has 2 rings (SSSR count). The minimum Gasteiger partial charge on any atom is -0.368 e. The fourth-order valence-electron chi connectivity index (χ4n) is 3.04. The first-order chi connectivity index (χ1) is 10.5. The lowest BCUT2D eigenvalue weighted by atomic mass is 9.71. The van der Waals surface area contributed by atoms with Crippen LogP contribution in [0.1, 0.15) is 52.1 Å². The molecule has 0 radical (unpaired) electrons. The SMILES string of the molecule is CC(C)(C)C1CCC(Nc2nc(N)nc(C(F)(F)F)c2Cl)CC1. The summed E-state index contributed by atoms with van der Waals surface area (Å²) in [5, 5.41) is 2.49. The van der Waals surface area contributed by atoms with Gasteiger partial charge in [-0.3, -0.25) is 0 Å². The Bertz CT molecular complexity index is 561. The second-order valence-electron chi connectivity index (χ2n) is 7.15. The second kappa shape index (κ2) is 6.34. The lowest BCUT2D eigenvalue weighted by Crippen LogP contribution is -2.32. The number of alkyl halides is 3. The van der Waals surface area contributed by atoms with Crippen LogP contribution in [0.3, 0.4) is 0 Å². The monoisotopic (exact) mass is 350 g/mol. The van der Waals surface area contributed by atoms with E-state index in [2.05, 4.69) is 36.1 Å². The van der Waals surface area contributed by atoms with Gasteiger partial charge in [0.1, 0.15) is 5.02 Å². The molecule has 3 N–H and O–H groups in total. The zero-order chi connectivity index (χ0) is 17.4. The fourth-order valence-corrected chi connectivity index (χ4v) is 3.29. The Hall–Kier alpha value is -1.24. The summed E-state index contributed by atoms with van der Waals surface area (Å²) in [7, 11) is 0. The first-order valence-corrected chi connectivity index (χ1v) is 8.03. The summed E-state index contributed by atoms with van der Waals surface area (Å²) in [5.74, 6) is 0.135. The van der Waals surface area contributed by atoms with Gasteiger partial charge in [0.05, 0.1) is 0 Å². The van der Waals surface area contributed by atoms with Crippen LogP contribution in [0.25, 0.3) is 0 Å². The van der Waals surface area contributed by atoms with Gasteiger partial charge >= 0.3 is 6.18 Å². The van der Waals surface area contributed by atoms with E-state index in [1.807, 2.05) is 0 Å². The third-order valence-corrected chi connectivity index (χ3v) is 4.79. The molecule has 0 aromatic carbocycles. The van der Waals surface area contributed by atoms with Crippen LogP contribution >= 0.6 is 11.6 Å². The fraction of sp³-hybridized carbons (Fsp3) is 0.733. The molecule has 4 nitrogen and oxygen atoms in total. The molecule has 1 heterocycles.